The molecule has 0 aliphatic heterocycles. The Hall–Kier alpha value is -0.320. The SMILES string of the molecule is CCCC(=O)NCCOCCOCCCCCCCl. The number of carbonyl (C=O) groups excluding carboxylic acids is 1. The van der Waals surface area contributed by atoms with Crippen molar-refractivity contribution in [1.82, 2.24) is 5.32 Å². The molecule has 0 aromatic carbocycles. The summed E-state index contributed by atoms with van der Waals surface area (Å²) in [7, 11) is 0. The van der Waals surface area contributed by atoms with E-state index >= 15 is 0 Å². The fourth-order valence-corrected chi connectivity index (χ4v) is 1.74. The zero-order valence-electron chi connectivity index (χ0n) is 12.1. The second-order valence-corrected chi connectivity index (χ2v) is 4.81. The van der Waals surface area contributed by atoms with Crippen molar-refractivity contribution in [3.05, 3.63) is 0 Å². The number of halogens is 1. The Labute approximate surface area is 122 Å². The number of ether oxygens (including phenoxy) is 2. The van der Waals surface area contributed by atoms with Gasteiger partial charge in [-0.2, -0.15) is 0 Å². The van der Waals surface area contributed by atoms with Crippen molar-refractivity contribution in [2.24, 2.45) is 0 Å². The van der Waals surface area contributed by atoms with Gasteiger partial charge in [0.25, 0.3) is 0 Å². The van der Waals surface area contributed by atoms with Crippen LogP contribution in [0.25, 0.3) is 0 Å². The molecule has 1 N–H and O–H groups in total. The zero-order valence-corrected chi connectivity index (χ0v) is 12.8. The van der Waals surface area contributed by atoms with Gasteiger partial charge in [0.1, 0.15) is 0 Å². The van der Waals surface area contributed by atoms with Gasteiger partial charge in [-0.15, -0.1) is 11.6 Å². The van der Waals surface area contributed by atoms with Crippen molar-refractivity contribution < 1.29 is 14.3 Å². The van der Waals surface area contributed by atoms with Gasteiger partial charge < -0.3 is 14.8 Å². The zero-order chi connectivity index (χ0) is 14.2. The number of carbonyl (C=O) groups is 1. The molecule has 0 aliphatic rings. The summed E-state index contributed by atoms with van der Waals surface area (Å²) in [6, 6.07) is 0. The second kappa shape index (κ2) is 15.7. The summed E-state index contributed by atoms with van der Waals surface area (Å²) in [5, 5.41) is 2.80. The molecule has 0 rings (SSSR count). The molecule has 0 bridgehead atoms. The number of hydrogen-bond donors (Lipinski definition) is 1. The normalized spacial score (nSPS) is 10.6. The Kier molecular flexibility index (Phi) is 15.5. The summed E-state index contributed by atoms with van der Waals surface area (Å²) < 4.78 is 10.8. The number of rotatable bonds is 14. The van der Waals surface area contributed by atoms with E-state index in [0.717, 1.165) is 31.7 Å². The molecular weight excluding hydrogens is 266 g/mol. The van der Waals surface area contributed by atoms with Crippen LogP contribution in [0.2, 0.25) is 0 Å². The van der Waals surface area contributed by atoms with E-state index in [1.807, 2.05) is 6.92 Å². The first-order valence-electron chi connectivity index (χ1n) is 7.29. The van der Waals surface area contributed by atoms with Crippen LogP contribution in [0, 0.1) is 0 Å². The predicted octanol–water partition coefficient (Wildman–Crippen LogP) is 2.74. The van der Waals surface area contributed by atoms with E-state index in [0.29, 0.717) is 32.8 Å². The summed E-state index contributed by atoms with van der Waals surface area (Å²) in [5.74, 6) is 0.850. The maximum absolute atomic E-state index is 11.1. The Morgan fingerprint density at radius 1 is 1.00 bits per heavy atom. The summed E-state index contributed by atoms with van der Waals surface area (Å²) >= 11 is 5.59. The molecule has 0 atom stereocenters. The summed E-state index contributed by atoms with van der Waals surface area (Å²) in [6.45, 7) is 5.12. The minimum absolute atomic E-state index is 0.0966. The summed E-state index contributed by atoms with van der Waals surface area (Å²) in [4.78, 5) is 11.1. The largest absolute Gasteiger partial charge is 0.379 e. The van der Waals surface area contributed by atoms with Gasteiger partial charge in [-0.05, 0) is 19.3 Å². The molecule has 114 valence electrons. The number of nitrogens with one attached hydrogen (secondary N) is 1. The van der Waals surface area contributed by atoms with Crippen LogP contribution < -0.4 is 5.32 Å². The Balaban J connectivity index is 3.01. The third-order valence-electron chi connectivity index (χ3n) is 2.59. The van der Waals surface area contributed by atoms with Gasteiger partial charge in [-0.1, -0.05) is 19.8 Å². The summed E-state index contributed by atoms with van der Waals surface area (Å²) in [6.07, 6.45) is 6.01. The lowest BCUT2D eigenvalue weighted by atomic mass is 10.2. The number of alkyl halides is 1. The molecule has 5 heteroatoms. The molecule has 0 spiro atoms. The third kappa shape index (κ3) is 15.6. The van der Waals surface area contributed by atoms with E-state index in [1.165, 1.54) is 12.8 Å². The lowest BCUT2D eigenvalue weighted by Gasteiger charge is -2.07. The topological polar surface area (TPSA) is 47.6 Å². The molecule has 0 aromatic rings. The van der Waals surface area contributed by atoms with Crippen LogP contribution in [0.3, 0.4) is 0 Å². The molecule has 0 radical (unpaired) electrons. The molecule has 0 aliphatic carbocycles. The van der Waals surface area contributed by atoms with E-state index in [4.69, 9.17) is 21.1 Å². The highest BCUT2D eigenvalue weighted by Gasteiger charge is 1.97. The van der Waals surface area contributed by atoms with E-state index < -0.39 is 0 Å². The smallest absolute Gasteiger partial charge is 0.220 e. The van der Waals surface area contributed by atoms with E-state index in [9.17, 15) is 4.79 Å². The average molecular weight is 294 g/mol. The standard InChI is InChI=1S/C14H28ClNO3/c1-2-7-14(17)16-9-11-19-13-12-18-10-6-4-3-5-8-15/h2-13H2,1H3,(H,16,17). The first-order chi connectivity index (χ1) is 9.31. The number of unbranched alkanes of at least 4 members (excludes halogenated alkanes) is 3. The van der Waals surface area contributed by atoms with Crippen molar-refractivity contribution in [3.63, 3.8) is 0 Å². The van der Waals surface area contributed by atoms with E-state index in [2.05, 4.69) is 5.32 Å². The first kappa shape index (κ1) is 18.7. The van der Waals surface area contributed by atoms with Crippen molar-refractivity contribution >= 4 is 17.5 Å². The molecule has 0 unspecified atom stereocenters. The lowest BCUT2D eigenvalue weighted by Crippen LogP contribution is -2.27. The molecule has 1 amide bonds. The van der Waals surface area contributed by atoms with Crippen LogP contribution >= 0.6 is 11.6 Å². The molecule has 4 nitrogen and oxygen atoms in total. The van der Waals surface area contributed by atoms with Gasteiger partial charge in [-0.3, -0.25) is 4.79 Å². The molecule has 0 fully saturated rings. The number of amides is 1. The monoisotopic (exact) mass is 293 g/mol. The Morgan fingerprint density at radius 3 is 2.37 bits per heavy atom. The lowest BCUT2D eigenvalue weighted by molar-refractivity contribution is -0.121. The van der Waals surface area contributed by atoms with Gasteiger partial charge in [-0.25, -0.2) is 0 Å². The van der Waals surface area contributed by atoms with Crippen LogP contribution in [-0.2, 0) is 14.3 Å². The van der Waals surface area contributed by atoms with Crippen molar-refractivity contribution in [3.8, 4) is 0 Å². The highest BCUT2D eigenvalue weighted by molar-refractivity contribution is 6.17. The molecule has 0 aromatic heterocycles. The van der Waals surface area contributed by atoms with Gasteiger partial charge >= 0.3 is 0 Å². The van der Waals surface area contributed by atoms with Crippen LogP contribution in [-0.4, -0.2) is 44.8 Å². The molecule has 0 saturated carbocycles. The van der Waals surface area contributed by atoms with Crippen molar-refractivity contribution in [2.75, 3.05) is 38.9 Å². The van der Waals surface area contributed by atoms with Crippen LogP contribution in [0.1, 0.15) is 45.4 Å². The molecule has 0 saturated heterocycles. The molecule has 0 heterocycles. The maximum atomic E-state index is 11.1. The summed E-state index contributed by atoms with van der Waals surface area (Å²) in [5.41, 5.74) is 0. The quantitative estimate of drug-likeness (QED) is 0.396. The average Bonchev–Trinajstić information content (AvgIpc) is 2.40. The van der Waals surface area contributed by atoms with Crippen LogP contribution in [0.5, 0.6) is 0 Å². The van der Waals surface area contributed by atoms with Crippen molar-refractivity contribution in [2.45, 2.75) is 45.4 Å². The molecule has 19 heavy (non-hydrogen) atoms. The predicted molar refractivity (Wildman–Crippen MR) is 78.7 cm³/mol. The van der Waals surface area contributed by atoms with E-state index in [1.54, 1.807) is 0 Å². The fourth-order valence-electron chi connectivity index (χ4n) is 1.55. The first-order valence-corrected chi connectivity index (χ1v) is 7.82. The maximum Gasteiger partial charge on any atom is 0.220 e. The van der Waals surface area contributed by atoms with Crippen LogP contribution in [0.4, 0.5) is 0 Å². The van der Waals surface area contributed by atoms with Crippen LogP contribution in [0.15, 0.2) is 0 Å². The van der Waals surface area contributed by atoms with Gasteiger partial charge in [0, 0.05) is 25.5 Å². The van der Waals surface area contributed by atoms with Crippen molar-refractivity contribution in [1.29, 1.82) is 0 Å². The minimum atomic E-state index is 0.0966. The highest BCUT2D eigenvalue weighted by atomic mass is 35.5. The van der Waals surface area contributed by atoms with Gasteiger partial charge in [0.05, 0.1) is 19.8 Å². The second-order valence-electron chi connectivity index (χ2n) is 4.43. The highest BCUT2D eigenvalue weighted by Crippen LogP contribution is 2.00. The number of hydrogen-bond acceptors (Lipinski definition) is 3. The fraction of sp³-hybridized carbons (Fsp3) is 0.929. The minimum Gasteiger partial charge on any atom is -0.379 e. The third-order valence-corrected chi connectivity index (χ3v) is 2.86. The van der Waals surface area contributed by atoms with Gasteiger partial charge in [0.15, 0.2) is 0 Å². The Bertz CT molecular complexity index is 203. The molecular formula is C14H28ClNO3. The van der Waals surface area contributed by atoms with Gasteiger partial charge in [0.2, 0.25) is 5.91 Å². The Morgan fingerprint density at radius 2 is 1.68 bits per heavy atom. The van der Waals surface area contributed by atoms with E-state index in [-0.39, 0.29) is 5.91 Å².